The Bertz CT molecular complexity index is 690. The zero-order chi connectivity index (χ0) is 20.9. The van der Waals surface area contributed by atoms with Gasteiger partial charge in [0.1, 0.15) is 5.82 Å². The fourth-order valence-corrected chi connectivity index (χ4v) is 6.92. The quantitative estimate of drug-likeness (QED) is 0.414. The molecule has 0 spiro atoms. The van der Waals surface area contributed by atoms with Crippen LogP contribution in [-0.4, -0.2) is 12.7 Å². The van der Waals surface area contributed by atoms with Crippen molar-refractivity contribution in [3.05, 3.63) is 47.8 Å². The summed E-state index contributed by atoms with van der Waals surface area (Å²) < 4.78 is 20.7. The lowest BCUT2D eigenvalue weighted by Crippen LogP contribution is -2.35. The Labute approximate surface area is 183 Å². The van der Waals surface area contributed by atoms with Gasteiger partial charge in [-0.15, -0.1) is 6.58 Å². The van der Waals surface area contributed by atoms with Crippen molar-refractivity contribution in [3.63, 3.8) is 0 Å². The smallest absolute Gasteiger partial charge is 0.126 e. The van der Waals surface area contributed by atoms with Gasteiger partial charge in [0, 0.05) is 6.61 Å². The molecule has 2 heteroatoms. The summed E-state index contributed by atoms with van der Waals surface area (Å²) in [7, 11) is 0. The molecule has 30 heavy (non-hydrogen) atoms. The van der Waals surface area contributed by atoms with Gasteiger partial charge >= 0.3 is 0 Å². The molecule has 0 aromatic heterocycles. The maximum Gasteiger partial charge on any atom is 0.126 e. The second-order valence-corrected chi connectivity index (χ2v) is 10.3. The summed E-state index contributed by atoms with van der Waals surface area (Å²) in [5.74, 6) is 4.03. The molecule has 4 unspecified atom stereocenters. The normalized spacial score (nSPS) is 34.3. The highest BCUT2D eigenvalue weighted by atomic mass is 19.1. The molecule has 3 fully saturated rings. The standard InChI is InChI=1S/C28H41FO/c1-3-5-6-20-7-16-27(28(29)17-20)25-11-10-23-18-22(8-9-24(23)19-25)21-12-14-26(15-13-21)30-4-2/h3,7,16-17,21-26H,1,4-6,8-15,18-19H2,2H3. The van der Waals surface area contributed by atoms with Gasteiger partial charge in [-0.25, -0.2) is 4.39 Å². The fourth-order valence-electron chi connectivity index (χ4n) is 6.92. The number of hydrogen-bond donors (Lipinski definition) is 0. The van der Waals surface area contributed by atoms with Crippen molar-refractivity contribution in [1.29, 1.82) is 0 Å². The van der Waals surface area contributed by atoms with Crippen LogP contribution in [0.15, 0.2) is 30.9 Å². The molecular formula is C28H41FO. The average molecular weight is 413 g/mol. The zero-order valence-corrected chi connectivity index (χ0v) is 19.0. The number of hydrogen-bond acceptors (Lipinski definition) is 1. The van der Waals surface area contributed by atoms with Crippen LogP contribution in [0, 0.1) is 29.5 Å². The minimum atomic E-state index is 0.0276. The van der Waals surface area contributed by atoms with E-state index in [2.05, 4.69) is 25.6 Å². The van der Waals surface area contributed by atoms with E-state index < -0.39 is 0 Å². The molecule has 3 aliphatic carbocycles. The molecule has 4 atom stereocenters. The van der Waals surface area contributed by atoms with Crippen LogP contribution >= 0.6 is 0 Å². The summed E-state index contributed by atoms with van der Waals surface area (Å²) in [5.41, 5.74) is 2.08. The van der Waals surface area contributed by atoms with Crippen molar-refractivity contribution in [3.8, 4) is 0 Å². The van der Waals surface area contributed by atoms with Crippen LogP contribution < -0.4 is 0 Å². The number of fused-ring (bicyclic) bond motifs is 1. The van der Waals surface area contributed by atoms with Crippen molar-refractivity contribution < 1.29 is 9.13 Å². The first-order valence-corrected chi connectivity index (χ1v) is 12.7. The van der Waals surface area contributed by atoms with Gasteiger partial charge in [0.25, 0.3) is 0 Å². The lowest BCUT2D eigenvalue weighted by Gasteiger charge is -2.45. The monoisotopic (exact) mass is 412 g/mol. The van der Waals surface area contributed by atoms with E-state index in [1.807, 2.05) is 6.08 Å². The minimum absolute atomic E-state index is 0.0276. The van der Waals surface area contributed by atoms with Crippen molar-refractivity contribution in [2.75, 3.05) is 6.61 Å². The van der Waals surface area contributed by atoms with Crippen LogP contribution in [0.3, 0.4) is 0 Å². The summed E-state index contributed by atoms with van der Waals surface area (Å²) in [6.45, 7) is 6.75. The molecule has 166 valence electrons. The van der Waals surface area contributed by atoms with Gasteiger partial charge in [0.2, 0.25) is 0 Å². The predicted octanol–water partition coefficient (Wildman–Crippen LogP) is 7.84. The fraction of sp³-hybridized carbons (Fsp3) is 0.714. The Morgan fingerprint density at radius 1 is 0.933 bits per heavy atom. The Hall–Kier alpha value is -1.15. The van der Waals surface area contributed by atoms with Gasteiger partial charge in [0.15, 0.2) is 0 Å². The lowest BCUT2D eigenvalue weighted by atomic mass is 9.60. The van der Waals surface area contributed by atoms with Gasteiger partial charge in [-0.05, 0) is 131 Å². The molecule has 0 amide bonds. The number of aryl methyl sites for hydroxylation is 1. The molecule has 0 bridgehead atoms. The maximum absolute atomic E-state index is 14.8. The van der Waals surface area contributed by atoms with E-state index in [0.29, 0.717) is 12.0 Å². The second-order valence-electron chi connectivity index (χ2n) is 10.3. The molecule has 0 aliphatic heterocycles. The van der Waals surface area contributed by atoms with E-state index >= 15 is 0 Å². The first kappa shape index (κ1) is 22.1. The van der Waals surface area contributed by atoms with Crippen LogP contribution in [0.5, 0.6) is 0 Å². The molecule has 3 saturated carbocycles. The summed E-state index contributed by atoms with van der Waals surface area (Å²) >= 11 is 0. The molecule has 3 aliphatic rings. The lowest BCUT2D eigenvalue weighted by molar-refractivity contribution is 0.00578. The maximum atomic E-state index is 14.8. The van der Waals surface area contributed by atoms with Gasteiger partial charge in [0.05, 0.1) is 6.10 Å². The number of halogens is 1. The second kappa shape index (κ2) is 10.4. The highest BCUT2D eigenvalue weighted by Crippen LogP contribution is 2.50. The van der Waals surface area contributed by atoms with E-state index in [0.717, 1.165) is 54.2 Å². The van der Waals surface area contributed by atoms with Crippen molar-refractivity contribution in [2.24, 2.45) is 23.7 Å². The molecule has 1 nitrogen and oxygen atoms in total. The summed E-state index contributed by atoms with van der Waals surface area (Å²) in [6, 6.07) is 6.01. The van der Waals surface area contributed by atoms with Crippen LogP contribution in [0.25, 0.3) is 0 Å². The van der Waals surface area contributed by atoms with E-state index in [1.165, 1.54) is 64.2 Å². The van der Waals surface area contributed by atoms with Crippen LogP contribution in [0.1, 0.15) is 94.6 Å². The van der Waals surface area contributed by atoms with Crippen molar-refractivity contribution in [1.82, 2.24) is 0 Å². The minimum Gasteiger partial charge on any atom is -0.379 e. The highest BCUT2D eigenvalue weighted by Gasteiger charge is 2.39. The average Bonchev–Trinajstić information content (AvgIpc) is 2.78. The highest BCUT2D eigenvalue weighted by molar-refractivity contribution is 5.28. The predicted molar refractivity (Wildman–Crippen MR) is 123 cm³/mol. The third-order valence-corrected chi connectivity index (χ3v) is 8.58. The van der Waals surface area contributed by atoms with Gasteiger partial charge in [-0.2, -0.15) is 0 Å². The van der Waals surface area contributed by atoms with E-state index in [1.54, 1.807) is 6.07 Å². The van der Waals surface area contributed by atoms with Crippen LogP contribution in [0.4, 0.5) is 4.39 Å². The Morgan fingerprint density at radius 3 is 2.30 bits per heavy atom. The third kappa shape index (κ3) is 5.18. The van der Waals surface area contributed by atoms with Crippen LogP contribution in [0.2, 0.25) is 0 Å². The Morgan fingerprint density at radius 2 is 1.60 bits per heavy atom. The first-order valence-electron chi connectivity index (χ1n) is 12.7. The zero-order valence-electron chi connectivity index (χ0n) is 19.0. The number of rotatable bonds is 7. The molecule has 0 saturated heterocycles. The Balaban J connectivity index is 1.30. The number of ether oxygens (including phenoxy) is 1. The van der Waals surface area contributed by atoms with Crippen molar-refractivity contribution >= 4 is 0 Å². The number of benzene rings is 1. The topological polar surface area (TPSA) is 9.23 Å². The molecule has 1 aromatic carbocycles. The molecule has 4 rings (SSSR count). The SMILES string of the molecule is C=CCCc1ccc(C2CCC3CC(C4CCC(OCC)CC4)CCC3C2)c(F)c1. The molecule has 1 aromatic rings. The largest absolute Gasteiger partial charge is 0.379 e. The first-order chi connectivity index (χ1) is 14.7. The molecule has 0 radical (unpaired) electrons. The van der Waals surface area contributed by atoms with Gasteiger partial charge in [-0.3, -0.25) is 0 Å². The van der Waals surface area contributed by atoms with Gasteiger partial charge in [-0.1, -0.05) is 18.2 Å². The summed E-state index contributed by atoms with van der Waals surface area (Å²) in [5, 5.41) is 0. The van der Waals surface area contributed by atoms with Gasteiger partial charge < -0.3 is 4.74 Å². The molecular weight excluding hydrogens is 371 g/mol. The van der Waals surface area contributed by atoms with Crippen molar-refractivity contribution in [2.45, 2.75) is 96.0 Å². The van der Waals surface area contributed by atoms with Crippen LogP contribution in [-0.2, 0) is 11.2 Å². The third-order valence-electron chi connectivity index (χ3n) is 8.58. The summed E-state index contributed by atoms with van der Waals surface area (Å²) in [6.07, 6.45) is 17.4. The van der Waals surface area contributed by atoms with E-state index in [4.69, 9.17) is 4.74 Å². The van der Waals surface area contributed by atoms with E-state index in [-0.39, 0.29) is 5.82 Å². The molecule has 0 heterocycles. The summed E-state index contributed by atoms with van der Waals surface area (Å²) in [4.78, 5) is 0. The molecule has 0 N–H and O–H groups in total. The Kier molecular flexibility index (Phi) is 7.68. The van der Waals surface area contributed by atoms with E-state index in [9.17, 15) is 4.39 Å². The number of allylic oxidation sites excluding steroid dienone is 1.